The van der Waals surface area contributed by atoms with Crippen LogP contribution in [0.15, 0.2) is 60.8 Å². The summed E-state index contributed by atoms with van der Waals surface area (Å²) in [5, 5.41) is 0.765. The van der Waals surface area contributed by atoms with Crippen molar-refractivity contribution in [2.45, 2.75) is 45.8 Å². The van der Waals surface area contributed by atoms with Crippen molar-refractivity contribution in [1.29, 1.82) is 0 Å². The number of pyridine rings is 1. The summed E-state index contributed by atoms with van der Waals surface area (Å²) >= 11 is 6.11. The van der Waals surface area contributed by atoms with Crippen molar-refractivity contribution in [3.05, 3.63) is 94.0 Å². The highest BCUT2D eigenvalue weighted by Crippen LogP contribution is 2.33. The number of rotatable bonds is 5. The van der Waals surface area contributed by atoms with Gasteiger partial charge in [-0.3, -0.25) is 9.88 Å². The van der Waals surface area contributed by atoms with Gasteiger partial charge in [0, 0.05) is 17.8 Å². The Balaban J connectivity index is 1.53. The number of halogens is 1. The highest BCUT2D eigenvalue weighted by atomic mass is 35.5. The number of nitrogens with zero attached hydrogens (tertiary/aromatic N) is 4. The molecule has 0 aliphatic carbocycles. The third-order valence-corrected chi connectivity index (χ3v) is 6.69. The molecule has 2 aromatic heterocycles. The molecule has 2 aromatic carbocycles. The molecule has 4 nitrogen and oxygen atoms in total. The van der Waals surface area contributed by atoms with E-state index in [0.717, 1.165) is 48.1 Å². The second-order valence-corrected chi connectivity index (χ2v) is 8.99. The van der Waals surface area contributed by atoms with Crippen LogP contribution in [0, 0.1) is 13.8 Å². The maximum atomic E-state index is 6.11. The van der Waals surface area contributed by atoms with Crippen LogP contribution in [0.2, 0.25) is 5.02 Å². The first-order chi connectivity index (χ1) is 15.1. The fourth-order valence-electron chi connectivity index (χ4n) is 4.60. The second-order valence-electron chi connectivity index (χ2n) is 8.55. The van der Waals surface area contributed by atoms with Crippen LogP contribution in [0.1, 0.15) is 47.1 Å². The van der Waals surface area contributed by atoms with Crippen molar-refractivity contribution >= 4 is 22.6 Å². The lowest BCUT2D eigenvalue weighted by atomic mass is 10.1. The molecule has 5 heteroatoms. The number of likely N-dealkylation sites (tertiary alicyclic amines) is 1. The van der Waals surface area contributed by atoms with Gasteiger partial charge in [0.15, 0.2) is 0 Å². The van der Waals surface area contributed by atoms with E-state index >= 15 is 0 Å². The predicted octanol–water partition coefficient (Wildman–Crippen LogP) is 6.09. The van der Waals surface area contributed by atoms with Crippen molar-refractivity contribution < 1.29 is 0 Å². The number of aryl methyl sites for hydroxylation is 2. The van der Waals surface area contributed by atoms with Crippen molar-refractivity contribution in [2.75, 3.05) is 6.54 Å². The Morgan fingerprint density at radius 2 is 1.81 bits per heavy atom. The lowest BCUT2D eigenvalue weighted by molar-refractivity contribution is 0.236. The van der Waals surface area contributed by atoms with Crippen LogP contribution >= 0.6 is 11.6 Å². The van der Waals surface area contributed by atoms with Gasteiger partial charge in [-0.05, 0) is 86.3 Å². The van der Waals surface area contributed by atoms with E-state index in [1.807, 2.05) is 24.4 Å². The molecule has 4 aromatic rings. The average Bonchev–Trinajstić information content (AvgIpc) is 3.36. The molecule has 1 saturated heterocycles. The predicted molar refractivity (Wildman–Crippen MR) is 126 cm³/mol. The molecule has 158 valence electrons. The Kier molecular flexibility index (Phi) is 5.51. The van der Waals surface area contributed by atoms with E-state index in [2.05, 4.69) is 64.7 Å². The maximum Gasteiger partial charge on any atom is 0.124 e. The first kappa shape index (κ1) is 20.2. The van der Waals surface area contributed by atoms with Crippen molar-refractivity contribution in [3.63, 3.8) is 0 Å². The van der Waals surface area contributed by atoms with Crippen LogP contribution in [0.5, 0.6) is 0 Å². The number of fused-ring (bicyclic) bond motifs is 1. The normalized spacial score (nSPS) is 16.9. The van der Waals surface area contributed by atoms with Crippen LogP contribution < -0.4 is 0 Å². The minimum Gasteiger partial charge on any atom is -0.322 e. The van der Waals surface area contributed by atoms with Gasteiger partial charge in [0.05, 0.1) is 29.3 Å². The van der Waals surface area contributed by atoms with E-state index in [0.29, 0.717) is 6.04 Å². The summed E-state index contributed by atoms with van der Waals surface area (Å²) in [5.41, 5.74) is 7.23. The molecule has 0 saturated carbocycles. The molecule has 31 heavy (non-hydrogen) atoms. The molecule has 1 fully saturated rings. The van der Waals surface area contributed by atoms with Crippen LogP contribution in [0.25, 0.3) is 11.0 Å². The number of hydrogen-bond donors (Lipinski definition) is 0. The maximum absolute atomic E-state index is 6.11. The van der Waals surface area contributed by atoms with Crippen molar-refractivity contribution in [2.24, 2.45) is 0 Å². The summed E-state index contributed by atoms with van der Waals surface area (Å²) in [7, 11) is 0. The van der Waals surface area contributed by atoms with Crippen molar-refractivity contribution in [1.82, 2.24) is 19.4 Å². The van der Waals surface area contributed by atoms with E-state index in [1.54, 1.807) is 0 Å². The summed E-state index contributed by atoms with van der Waals surface area (Å²) < 4.78 is 2.37. The molecule has 1 atom stereocenters. The zero-order valence-corrected chi connectivity index (χ0v) is 18.8. The molecular weight excluding hydrogens is 404 g/mol. The van der Waals surface area contributed by atoms with E-state index in [9.17, 15) is 0 Å². The fraction of sp³-hybridized carbons (Fsp3) is 0.308. The summed E-state index contributed by atoms with van der Waals surface area (Å²) in [5.74, 6) is 1.11. The molecule has 1 unspecified atom stereocenters. The molecule has 1 aliphatic rings. The zero-order chi connectivity index (χ0) is 21.4. The molecular formula is C26H27ClN4. The number of benzene rings is 2. The first-order valence-electron chi connectivity index (χ1n) is 10.9. The van der Waals surface area contributed by atoms with E-state index < -0.39 is 0 Å². The third kappa shape index (κ3) is 4.10. The Morgan fingerprint density at radius 1 is 1.00 bits per heavy atom. The monoisotopic (exact) mass is 430 g/mol. The lowest BCUT2D eigenvalue weighted by Gasteiger charge is -2.24. The zero-order valence-electron chi connectivity index (χ0n) is 18.1. The fourth-order valence-corrected chi connectivity index (χ4v) is 4.73. The van der Waals surface area contributed by atoms with Gasteiger partial charge in [-0.1, -0.05) is 29.8 Å². The smallest absolute Gasteiger partial charge is 0.124 e. The first-order valence-corrected chi connectivity index (χ1v) is 11.3. The molecule has 3 heterocycles. The summed E-state index contributed by atoms with van der Waals surface area (Å²) in [6.07, 6.45) is 4.23. The molecule has 0 amide bonds. The minimum absolute atomic E-state index is 0.355. The molecule has 1 aliphatic heterocycles. The standard InChI is InChI=1S/C26H27ClN4/c1-18-14-23-25(15-19(18)2)31(16-20-8-10-21(27)11-9-20)26(29-23)17-30-13-5-7-24(30)22-6-3-4-12-28-22/h3-4,6,8-12,14-15,24H,5,7,13,16-17H2,1-2H3. The van der Waals surface area contributed by atoms with E-state index in [4.69, 9.17) is 16.6 Å². The highest BCUT2D eigenvalue weighted by molar-refractivity contribution is 6.30. The minimum atomic E-state index is 0.355. The quantitative estimate of drug-likeness (QED) is 0.384. The Hall–Kier alpha value is -2.69. The molecule has 5 rings (SSSR count). The van der Waals surface area contributed by atoms with Gasteiger partial charge in [-0.15, -0.1) is 0 Å². The Labute approximate surface area is 188 Å². The van der Waals surface area contributed by atoms with Crippen molar-refractivity contribution in [3.8, 4) is 0 Å². The highest BCUT2D eigenvalue weighted by Gasteiger charge is 2.28. The molecule has 0 N–H and O–H groups in total. The summed E-state index contributed by atoms with van der Waals surface area (Å²) in [6, 6.07) is 19.2. The molecule has 0 bridgehead atoms. The molecule has 0 spiro atoms. The molecule has 0 radical (unpaired) electrons. The van der Waals surface area contributed by atoms with E-state index in [1.165, 1.54) is 28.6 Å². The number of imidazole rings is 1. The van der Waals surface area contributed by atoms with Crippen LogP contribution in [-0.4, -0.2) is 26.0 Å². The summed E-state index contributed by atoms with van der Waals surface area (Å²) in [4.78, 5) is 12.3. The summed E-state index contributed by atoms with van der Waals surface area (Å²) in [6.45, 7) is 7.01. The Morgan fingerprint density at radius 3 is 2.58 bits per heavy atom. The third-order valence-electron chi connectivity index (χ3n) is 6.43. The number of hydrogen-bond acceptors (Lipinski definition) is 3. The van der Waals surface area contributed by atoms with Gasteiger partial charge in [0.1, 0.15) is 5.82 Å². The van der Waals surface area contributed by atoms with Gasteiger partial charge in [0.2, 0.25) is 0 Å². The van der Waals surface area contributed by atoms with Crippen LogP contribution in [0.4, 0.5) is 0 Å². The van der Waals surface area contributed by atoms with E-state index in [-0.39, 0.29) is 0 Å². The Bertz CT molecular complexity index is 1200. The lowest BCUT2D eigenvalue weighted by Crippen LogP contribution is -2.25. The van der Waals surface area contributed by atoms with Gasteiger partial charge in [-0.25, -0.2) is 4.98 Å². The average molecular weight is 431 g/mol. The van der Waals surface area contributed by atoms with Crippen LogP contribution in [-0.2, 0) is 13.1 Å². The van der Waals surface area contributed by atoms with Gasteiger partial charge >= 0.3 is 0 Å². The topological polar surface area (TPSA) is 34.0 Å². The largest absolute Gasteiger partial charge is 0.322 e. The second kappa shape index (κ2) is 8.45. The SMILES string of the molecule is Cc1cc2nc(CN3CCCC3c3ccccn3)n(Cc3ccc(Cl)cc3)c2cc1C. The van der Waals surface area contributed by atoms with Gasteiger partial charge < -0.3 is 4.57 Å². The van der Waals surface area contributed by atoms with Gasteiger partial charge in [0.25, 0.3) is 0 Å². The van der Waals surface area contributed by atoms with Crippen LogP contribution in [0.3, 0.4) is 0 Å². The van der Waals surface area contributed by atoms with Gasteiger partial charge in [-0.2, -0.15) is 0 Å². The number of aromatic nitrogens is 3.